The molecule has 0 amide bonds. The van der Waals surface area contributed by atoms with E-state index in [4.69, 9.17) is 9.57 Å². The van der Waals surface area contributed by atoms with Crippen molar-refractivity contribution in [3.8, 4) is 5.75 Å². The van der Waals surface area contributed by atoms with Crippen LogP contribution in [0.5, 0.6) is 5.75 Å². The predicted octanol–water partition coefficient (Wildman–Crippen LogP) is 2.20. The van der Waals surface area contributed by atoms with Gasteiger partial charge >= 0.3 is 5.69 Å². The van der Waals surface area contributed by atoms with Crippen LogP contribution in [0, 0.1) is 0 Å². The van der Waals surface area contributed by atoms with E-state index in [1.807, 2.05) is 23.6 Å². The molecule has 0 saturated carbocycles. The minimum Gasteiger partial charge on any atom is -0.495 e. The molecule has 4 heterocycles. The number of anilines is 1. The Kier molecular flexibility index (Phi) is 6.42. The van der Waals surface area contributed by atoms with Crippen LogP contribution in [-0.4, -0.2) is 66.7 Å². The molecule has 0 radical (unpaired) electrons. The lowest BCUT2D eigenvalue weighted by atomic mass is 10.1. The van der Waals surface area contributed by atoms with Crippen LogP contribution < -0.4 is 20.9 Å². The SMILES string of the molecule is CO/N=C1\CCn2c(=O)n(CCCN3CCN(c4ccccc4OC)CC3)c(=O)c3csc1c32. The summed E-state index contributed by atoms with van der Waals surface area (Å²) < 4.78 is 8.63. The summed E-state index contributed by atoms with van der Waals surface area (Å²) in [7, 11) is 3.21. The third-order valence-corrected chi connectivity index (χ3v) is 7.68. The highest BCUT2D eigenvalue weighted by molar-refractivity contribution is 7.14. The van der Waals surface area contributed by atoms with E-state index < -0.39 is 0 Å². The highest BCUT2D eigenvalue weighted by Gasteiger charge is 2.25. The summed E-state index contributed by atoms with van der Waals surface area (Å²) >= 11 is 1.45. The van der Waals surface area contributed by atoms with Gasteiger partial charge in [0.1, 0.15) is 18.6 Å². The van der Waals surface area contributed by atoms with Crippen LogP contribution in [0.15, 0.2) is 44.4 Å². The maximum Gasteiger partial charge on any atom is 0.331 e. The van der Waals surface area contributed by atoms with Crippen LogP contribution in [0.2, 0.25) is 0 Å². The molecule has 5 rings (SSSR count). The van der Waals surface area contributed by atoms with E-state index in [9.17, 15) is 9.59 Å². The van der Waals surface area contributed by atoms with E-state index in [0.29, 0.717) is 30.4 Å². The molecule has 0 unspecified atom stereocenters. The molecule has 1 saturated heterocycles. The molecule has 3 aromatic rings. The number of oxime groups is 1. The van der Waals surface area contributed by atoms with Gasteiger partial charge in [-0.3, -0.25) is 18.8 Å². The highest BCUT2D eigenvalue weighted by atomic mass is 32.1. The fourth-order valence-corrected chi connectivity index (χ4v) is 5.99. The molecule has 1 fully saturated rings. The van der Waals surface area contributed by atoms with E-state index in [-0.39, 0.29) is 11.2 Å². The zero-order valence-electron chi connectivity index (χ0n) is 19.5. The van der Waals surface area contributed by atoms with E-state index >= 15 is 0 Å². The van der Waals surface area contributed by atoms with Gasteiger partial charge in [0.2, 0.25) is 0 Å². The van der Waals surface area contributed by atoms with Crippen LogP contribution in [-0.2, 0) is 17.9 Å². The van der Waals surface area contributed by atoms with Crippen molar-refractivity contribution in [2.45, 2.75) is 25.9 Å². The number of methoxy groups -OCH3 is 1. The second-order valence-electron chi connectivity index (χ2n) is 8.54. The lowest BCUT2D eigenvalue weighted by Crippen LogP contribution is -2.47. The predicted molar refractivity (Wildman–Crippen MR) is 135 cm³/mol. The smallest absolute Gasteiger partial charge is 0.331 e. The van der Waals surface area contributed by atoms with Crippen molar-refractivity contribution in [1.29, 1.82) is 0 Å². The van der Waals surface area contributed by atoms with Gasteiger partial charge in [-0.25, -0.2) is 4.79 Å². The van der Waals surface area contributed by atoms with Crippen molar-refractivity contribution < 1.29 is 9.57 Å². The van der Waals surface area contributed by atoms with Crippen molar-refractivity contribution >= 4 is 33.6 Å². The van der Waals surface area contributed by atoms with E-state index in [1.54, 1.807) is 11.7 Å². The molecule has 0 spiro atoms. The fraction of sp³-hybridized carbons (Fsp3) is 0.458. The maximum atomic E-state index is 13.2. The van der Waals surface area contributed by atoms with Gasteiger partial charge in [0, 0.05) is 51.1 Å². The van der Waals surface area contributed by atoms with Gasteiger partial charge in [-0.05, 0) is 25.1 Å². The van der Waals surface area contributed by atoms with Crippen LogP contribution in [0.25, 0.3) is 10.9 Å². The number of ether oxygens (including phenoxy) is 1. The first kappa shape index (κ1) is 22.7. The Labute approximate surface area is 201 Å². The van der Waals surface area contributed by atoms with Crippen LogP contribution in [0.1, 0.15) is 17.7 Å². The number of aryl methyl sites for hydroxylation is 1. The van der Waals surface area contributed by atoms with Gasteiger partial charge in [-0.2, -0.15) is 0 Å². The quantitative estimate of drug-likeness (QED) is 0.480. The molecule has 0 aliphatic carbocycles. The third kappa shape index (κ3) is 4.01. The highest BCUT2D eigenvalue weighted by Crippen LogP contribution is 2.29. The van der Waals surface area contributed by atoms with Crippen molar-refractivity contribution in [1.82, 2.24) is 14.0 Å². The number of hydrogen-bond donors (Lipinski definition) is 0. The van der Waals surface area contributed by atoms with Crippen molar-refractivity contribution in [2.24, 2.45) is 5.16 Å². The molecule has 2 aliphatic rings. The van der Waals surface area contributed by atoms with Gasteiger partial charge in [-0.1, -0.05) is 17.3 Å². The molecule has 0 N–H and O–H groups in total. The van der Waals surface area contributed by atoms with Gasteiger partial charge in [-0.15, -0.1) is 11.3 Å². The largest absolute Gasteiger partial charge is 0.495 e. The zero-order chi connectivity index (χ0) is 23.7. The Morgan fingerprint density at radius 1 is 1.03 bits per heavy atom. The first-order valence-electron chi connectivity index (χ1n) is 11.6. The number of hydrogen-bond acceptors (Lipinski definition) is 8. The average molecular weight is 484 g/mol. The number of thiophene rings is 1. The first-order chi connectivity index (χ1) is 16.6. The summed E-state index contributed by atoms with van der Waals surface area (Å²) in [5.41, 5.74) is 2.19. The number of nitrogens with zero attached hydrogens (tertiary/aromatic N) is 5. The lowest BCUT2D eigenvalue weighted by molar-refractivity contribution is 0.212. The van der Waals surface area contributed by atoms with Gasteiger partial charge in [0.25, 0.3) is 5.56 Å². The number of benzene rings is 1. The van der Waals surface area contributed by atoms with Crippen molar-refractivity contribution in [3.05, 3.63) is 55.4 Å². The normalized spacial score (nSPS) is 17.5. The molecule has 9 nitrogen and oxygen atoms in total. The molecule has 2 aliphatic heterocycles. The van der Waals surface area contributed by atoms with E-state index in [1.165, 1.54) is 23.0 Å². The number of para-hydroxylation sites is 2. The van der Waals surface area contributed by atoms with Crippen LogP contribution in [0.3, 0.4) is 0 Å². The average Bonchev–Trinajstić information content (AvgIpc) is 3.32. The molecule has 0 bridgehead atoms. The second-order valence-corrected chi connectivity index (χ2v) is 9.42. The Hall–Kier alpha value is -3.11. The number of rotatable bonds is 7. The molecule has 180 valence electrons. The van der Waals surface area contributed by atoms with Crippen molar-refractivity contribution in [2.75, 3.05) is 51.8 Å². The summed E-state index contributed by atoms with van der Waals surface area (Å²) in [4.78, 5) is 36.8. The summed E-state index contributed by atoms with van der Waals surface area (Å²) in [5.74, 6) is 0.896. The fourth-order valence-electron chi connectivity index (χ4n) is 4.94. The summed E-state index contributed by atoms with van der Waals surface area (Å²) in [5, 5.41) is 6.52. The summed E-state index contributed by atoms with van der Waals surface area (Å²) in [6.45, 7) is 5.49. The Balaban J connectivity index is 1.25. The molecule has 2 aromatic heterocycles. The lowest BCUT2D eigenvalue weighted by Gasteiger charge is -2.36. The molecule has 10 heteroatoms. The standard InChI is InChI=1S/C24H29N5O4S/c1-32-20-7-4-3-6-19(20)27-14-12-26(13-15-27)9-5-10-29-23(30)17-16-34-22-18(25-33-2)8-11-28(21(17)22)24(29)31/h3-4,6-7,16H,5,8-15H2,1-2H3/b25-18+. The molecule has 34 heavy (non-hydrogen) atoms. The monoisotopic (exact) mass is 483 g/mol. The first-order valence-corrected chi connectivity index (χ1v) is 12.5. The minimum atomic E-state index is -0.227. The van der Waals surface area contributed by atoms with Crippen LogP contribution >= 0.6 is 11.3 Å². The number of aromatic nitrogens is 2. The van der Waals surface area contributed by atoms with Gasteiger partial charge in [0.15, 0.2) is 0 Å². The molecular formula is C24H29N5O4S. The number of piperazine rings is 1. The summed E-state index contributed by atoms with van der Waals surface area (Å²) in [6, 6.07) is 8.10. The van der Waals surface area contributed by atoms with Gasteiger partial charge < -0.3 is 14.5 Å². The summed E-state index contributed by atoms with van der Waals surface area (Å²) in [6.07, 6.45) is 1.37. The second kappa shape index (κ2) is 9.63. The maximum absolute atomic E-state index is 13.2. The van der Waals surface area contributed by atoms with E-state index in [2.05, 4.69) is 21.0 Å². The zero-order valence-corrected chi connectivity index (χ0v) is 20.3. The molecule has 0 atom stereocenters. The molecule has 1 aromatic carbocycles. The topological polar surface area (TPSA) is 81.3 Å². The minimum absolute atomic E-state index is 0.210. The third-order valence-electron chi connectivity index (χ3n) is 6.66. The van der Waals surface area contributed by atoms with Crippen LogP contribution in [0.4, 0.5) is 5.69 Å². The Morgan fingerprint density at radius 2 is 1.82 bits per heavy atom. The van der Waals surface area contributed by atoms with Gasteiger partial charge in [0.05, 0.1) is 28.6 Å². The van der Waals surface area contributed by atoms with Crippen molar-refractivity contribution in [3.63, 3.8) is 0 Å². The Bertz CT molecular complexity index is 1330. The molecular weight excluding hydrogens is 454 g/mol. The Morgan fingerprint density at radius 3 is 2.59 bits per heavy atom. The van der Waals surface area contributed by atoms with E-state index in [0.717, 1.165) is 61.2 Å².